The number of hydrogen-bond acceptors (Lipinski definition) is 2. The minimum atomic E-state index is 0.324. The van der Waals surface area contributed by atoms with E-state index in [-0.39, 0.29) is 0 Å². The van der Waals surface area contributed by atoms with Crippen LogP contribution in [0.4, 0.5) is 0 Å². The molecule has 0 bridgehead atoms. The first-order valence-corrected chi connectivity index (χ1v) is 7.87. The average Bonchev–Trinajstić information content (AvgIpc) is 3.29. The van der Waals surface area contributed by atoms with Gasteiger partial charge in [-0.1, -0.05) is 50.1 Å². The number of benzene rings is 1. The number of epoxide rings is 1. The van der Waals surface area contributed by atoms with Crippen molar-refractivity contribution in [1.82, 2.24) is 0 Å². The topological polar surface area (TPSA) is 21.8 Å². The minimum Gasteiger partial charge on any atom is -0.491 e. The van der Waals surface area contributed by atoms with Gasteiger partial charge in [-0.25, -0.2) is 0 Å². The van der Waals surface area contributed by atoms with Crippen molar-refractivity contribution < 1.29 is 9.47 Å². The first-order valence-electron chi connectivity index (χ1n) is 7.87. The van der Waals surface area contributed by atoms with Crippen LogP contribution in [0.2, 0.25) is 0 Å². The number of unbranched alkanes of at least 4 members (excludes halogenated alkanes) is 3. The second kappa shape index (κ2) is 8.80. The number of para-hydroxylation sites is 1. The monoisotopic (exact) mass is 274 g/mol. The predicted octanol–water partition coefficient (Wildman–Crippen LogP) is 4.53. The number of aryl methyl sites for hydroxylation is 1. The Bertz CT molecular complexity index is 408. The van der Waals surface area contributed by atoms with E-state index in [4.69, 9.17) is 9.47 Å². The largest absolute Gasteiger partial charge is 0.491 e. The van der Waals surface area contributed by atoms with E-state index in [0.717, 1.165) is 25.2 Å². The molecule has 1 unspecified atom stereocenters. The van der Waals surface area contributed by atoms with E-state index in [9.17, 15) is 0 Å². The van der Waals surface area contributed by atoms with Crippen LogP contribution >= 0.6 is 0 Å². The molecule has 0 aliphatic carbocycles. The van der Waals surface area contributed by atoms with Crippen LogP contribution in [-0.2, 0) is 11.2 Å². The third-order valence-electron chi connectivity index (χ3n) is 3.51. The molecule has 1 atom stereocenters. The molecule has 2 rings (SSSR count). The summed E-state index contributed by atoms with van der Waals surface area (Å²) in [6.45, 7) is 3.77. The number of allylic oxidation sites excluding steroid dienone is 2. The molecule has 2 nitrogen and oxygen atoms in total. The van der Waals surface area contributed by atoms with Crippen molar-refractivity contribution in [3.63, 3.8) is 0 Å². The maximum absolute atomic E-state index is 5.83. The predicted molar refractivity (Wildman–Crippen MR) is 83.3 cm³/mol. The Labute approximate surface area is 122 Å². The summed E-state index contributed by atoms with van der Waals surface area (Å²) < 4.78 is 11.0. The van der Waals surface area contributed by atoms with Gasteiger partial charge in [0.1, 0.15) is 18.5 Å². The summed E-state index contributed by atoms with van der Waals surface area (Å²) in [6.07, 6.45) is 12.2. The van der Waals surface area contributed by atoms with Gasteiger partial charge in [0.2, 0.25) is 0 Å². The van der Waals surface area contributed by atoms with Gasteiger partial charge in [-0.3, -0.25) is 0 Å². The van der Waals surface area contributed by atoms with Crippen LogP contribution in [-0.4, -0.2) is 19.3 Å². The van der Waals surface area contributed by atoms with Gasteiger partial charge >= 0.3 is 0 Å². The van der Waals surface area contributed by atoms with Crippen LogP contribution in [0.25, 0.3) is 0 Å². The molecule has 1 aliphatic heterocycles. The molecule has 1 saturated heterocycles. The number of rotatable bonds is 10. The van der Waals surface area contributed by atoms with Crippen molar-refractivity contribution in [2.24, 2.45) is 0 Å². The molecule has 0 saturated carbocycles. The first kappa shape index (κ1) is 15.1. The van der Waals surface area contributed by atoms with Gasteiger partial charge in [0.25, 0.3) is 0 Å². The van der Waals surface area contributed by atoms with Gasteiger partial charge in [0.05, 0.1) is 6.61 Å². The number of hydrogen-bond donors (Lipinski definition) is 0. The van der Waals surface area contributed by atoms with E-state index in [0.29, 0.717) is 12.7 Å². The smallest absolute Gasteiger partial charge is 0.122 e. The van der Waals surface area contributed by atoms with Crippen molar-refractivity contribution >= 4 is 0 Å². The standard InChI is InChI=1S/C18H26O2/c1-2-3-4-5-6-7-8-11-16-12-9-10-13-18(16)20-15-17-14-19-17/h5-6,9-10,12-13,17H,2-4,7-8,11,14-15H2,1H3/b6-5+. The number of ether oxygens (including phenoxy) is 2. The van der Waals surface area contributed by atoms with Crippen LogP contribution in [0.15, 0.2) is 36.4 Å². The van der Waals surface area contributed by atoms with Crippen molar-refractivity contribution in [2.45, 2.75) is 51.6 Å². The molecule has 110 valence electrons. The molecule has 0 amide bonds. The summed E-state index contributed by atoms with van der Waals surface area (Å²) in [5, 5.41) is 0. The molecule has 1 aliphatic rings. The van der Waals surface area contributed by atoms with Crippen LogP contribution < -0.4 is 4.74 Å². The van der Waals surface area contributed by atoms with Gasteiger partial charge < -0.3 is 9.47 Å². The molecule has 0 aromatic heterocycles. The van der Waals surface area contributed by atoms with E-state index >= 15 is 0 Å². The summed E-state index contributed by atoms with van der Waals surface area (Å²) >= 11 is 0. The van der Waals surface area contributed by atoms with Crippen molar-refractivity contribution in [2.75, 3.05) is 13.2 Å². The van der Waals surface area contributed by atoms with Crippen molar-refractivity contribution in [3.8, 4) is 5.75 Å². The average molecular weight is 274 g/mol. The van der Waals surface area contributed by atoms with E-state index in [1.54, 1.807) is 0 Å². The second-order valence-electron chi connectivity index (χ2n) is 5.38. The molecule has 0 N–H and O–H groups in total. The zero-order chi connectivity index (χ0) is 14.0. The molecule has 1 aromatic carbocycles. The Morgan fingerprint density at radius 2 is 1.95 bits per heavy atom. The van der Waals surface area contributed by atoms with Crippen LogP contribution in [0, 0.1) is 0 Å². The van der Waals surface area contributed by atoms with Gasteiger partial charge in [-0.15, -0.1) is 0 Å². The van der Waals surface area contributed by atoms with E-state index in [1.165, 1.54) is 31.2 Å². The normalized spacial score (nSPS) is 17.6. The third-order valence-corrected chi connectivity index (χ3v) is 3.51. The van der Waals surface area contributed by atoms with Gasteiger partial charge in [0, 0.05) is 0 Å². The minimum absolute atomic E-state index is 0.324. The Morgan fingerprint density at radius 3 is 2.70 bits per heavy atom. The Hall–Kier alpha value is -1.28. The summed E-state index contributed by atoms with van der Waals surface area (Å²) in [4.78, 5) is 0. The Morgan fingerprint density at radius 1 is 1.20 bits per heavy atom. The fourth-order valence-corrected chi connectivity index (χ4v) is 2.17. The first-order chi connectivity index (χ1) is 9.90. The lowest BCUT2D eigenvalue weighted by molar-refractivity contribution is 0.261. The van der Waals surface area contributed by atoms with Crippen molar-refractivity contribution in [3.05, 3.63) is 42.0 Å². The summed E-state index contributed by atoms with van der Waals surface area (Å²) in [6, 6.07) is 8.36. The maximum atomic E-state index is 5.83. The lowest BCUT2D eigenvalue weighted by Gasteiger charge is -2.10. The highest BCUT2D eigenvalue weighted by Crippen LogP contribution is 2.22. The Kier molecular flexibility index (Phi) is 6.65. The third kappa shape index (κ3) is 5.79. The highest BCUT2D eigenvalue weighted by atomic mass is 16.6. The highest BCUT2D eigenvalue weighted by molar-refractivity contribution is 5.33. The van der Waals surface area contributed by atoms with E-state index < -0.39 is 0 Å². The summed E-state index contributed by atoms with van der Waals surface area (Å²) in [5.74, 6) is 1.03. The molecule has 1 fully saturated rings. The van der Waals surface area contributed by atoms with Crippen LogP contribution in [0.5, 0.6) is 5.75 Å². The quantitative estimate of drug-likeness (QED) is 0.355. The SMILES string of the molecule is CCCC/C=C/CCCc1ccccc1OCC1CO1. The highest BCUT2D eigenvalue weighted by Gasteiger charge is 2.23. The molecule has 20 heavy (non-hydrogen) atoms. The van der Waals surface area contributed by atoms with Crippen LogP contribution in [0.3, 0.4) is 0 Å². The van der Waals surface area contributed by atoms with Crippen molar-refractivity contribution in [1.29, 1.82) is 0 Å². The fourth-order valence-electron chi connectivity index (χ4n) is 2.17. The van der Waals surface area contributed by atoms with Gasteiger partial charge in [-0.05, 0) is 37.3 Å². The van der Waals surface area contributed by atoms with Crippen LogP contribution in [0.1, 0.15) is 44.6 Å². The lowest BCUT2D eigenvalue weighted by atomic mass is 10.1. The zero-order valence-electron chi connectivity index (χ0n) is 12.5. The fraction of sp³-hybridized carbons (Fsp3) is 0.556. The van der Waals surface area contributed by atoms with Gasteiger partial charge in [-0.2, -0.15) is 0 Å². The van der Waals surface area contributed by atoms with E-state index in [2.05, 4.69) is 37.3 Å². The molecule has 0 spiro atoms. The summed E-state index contributed by atoms with van der Waals surface area (Å²) in [5.41, 5.74) is 1.31. The molecular weight excluding hydrogens is 248 g/mol. The molecule has 1 heterocycles. The lowest BCUT2D eigenvalue weighted by Crippen LogP contribution is -2.05. The molecule has 2 heteroatoms. The van der Waals surface area contributed by atoms with Gasteiger partial charge in [0.15, 0.2) is 0 Å². The molecule has 1 aromatic rings. The zero-order valence-corrected chi connectivity index (χ0v) is 12.5. The molecule has 0 radical (unpaired) electrons. The maximum Gasteiger partial charge on any atom is 0.122 e. The second-order valence-corrected chi connectivity index (χ2v) is 5.38. The van der Waals surface area contributed by atoms with E-state index in [1.807, 2.05) is 6.07 Å². The summed E-state index contributed by atoms with van der Waals surface area (Å²) in [7, 11) is 0. The molecular formula is C18H26O2. The Balaban J connectivity index is 1.69.